The predicted molar refractivity (Wildman–Crippen MR) is 83.3 cm³/mol. The van der Waals surface area contributed by atoms with Crippen molar-refractivity contribution in [2.75, 3.05) is 13.1 Å². The molecule has 1 aromatic rings. The highest BCUT2D eigenvalue weighted by molar-refractivity contribution is 7.08. The van der Waals surface area contributed by atoms with Gasteiger partial charge >= 0.3 is 0 Å². The van der Waals surface area contributed by atoms with E-state index in [1.807, 2.05) is 21.7 Å². The summed E-state index contributed by atoms with van der Waals surface area (Å²) in [5, 5.41) is 6.72. The van der Waals surface area contributed by atoms with Gasteiger partial charge in [0.05, 0.1) is 6.04 Å². The molecular formula is C16H22N2O2S. The van der Waals surface area contributed by atoms with E-state index in [-0.39, 0.29) is 17.9 Å². The molecule has 5 heteroatoms. The SMILES string of the molecule is O=C(N[C@@H]1CC(=O)N(CC2CCCCC2)C1)c1ccsc1. The highest BCUT2D eigenvalue weighted by Crippen LogP contribution is 2.26. The van der Waals surface area contributed by atoms with Gasteiger partial charge in [-0.05, 0) is 30.2 Å². The van der Waals surface area contributed by atoms with Gasteiger partial charge in [0.25, 0.3) is 5.91 Å². The highest BCUT2D eigenvalue weighted by Gasteiger charge is 2.32. The fraction of sp³-hybridized carbons (Fsp3) is 0.625. The third-order valence-corrected chi connectivity index (χ3v) is 5.22. The van der Waals surface area contributed by atoms with Crippen LogP contribution in [0.2, 0.25) is 0 Å². The Morgan fingerprint density at radius 1 is 1.33 bits per heavy atom. The minimum absolute atomic E-state index is 0.0338. The lowest BCUT2D eigenvalue weighted by Gasteiger charge is -2.27. The summed E-state index contributed by atoms with van der Waals surface area (Å²) < 4.78 is 0. The second kappa shape index (κ2) is 6.60. The fourth-order valence-electron chi connectivity index (χ4n) is 3.39. The minimum Gasteiger partial charge on any atom is -0.347 e. The van der Waals surface area contributed by atoms with Crippen molar-refractivity contribution in [2.45, 2.75) is 44.6 Å². The lowest BCUT2D eigenvalue weighted by Crippen LogP contribution is -2.38. The Morgan fingerprint density at radius 2 is 2.14 bits per heavy atom. The lowest BCUT2D eigenvalue weighted by atomic mass is 9.89. The average Bonchev–Trinajstić information content (AvgIpc) is 3.11. The van der Waals surface area contributed by atoms with Crippen molar-refractivity contribution in [1.29, 1.82) is 0 Å². The van der Waals surface area contributed by atoms with Gasteiger partial charge < -0.3 is 10.2 Å². The maximum absolute atomic E-state index is 12.1. The zero-order valence-corrected chi connectivity index (χ0v) is 13.0. The van der Waals surface area contributed by atoms with E-state index >= 15 is 0 Å². The standard InChI is InChI=1S/C16H22N2O2S/c19-15-8-14(17-16(20)13-6-7-21-11-13)10-18(15)9-12-4-2-1-3-5-12/h6-7,11-12,14H,1-5,8-10H2,(H,17,20)/t14-/m1/s1. The Kier molecular flexibility index (Phi) is 4.58. The van der Waals surface area contributed by atoms with Gasteiger partial charge in [0.15, 0.2) is 0 Å². The van der Waals surface area contributed by atoms with Crippen LogP contribution in [0.15, 0.2) is 16.8 Å². The molecule has 1 N–H and O–H groups in total. The number of rotatable bonds is 4. The molecule has 1 aliphatic carbocycles. The summed E-state index contributed by atoms with van der Waals surface area (Å²) in [7, 11) is 0. The van der Waals surface area contributed by atoms with Gasteiger partial charge in [-0.1, -0.05) is 19.3 Å². The summed E-state index contributed by atoms with van der Waals surface area (Å²) in [6.07, 6.45) is 6.87. The Morgan fingerprint density at radius 3 is 2.86 bits per heavy atom. The van der Waals surface area contributed by atoms with Gasteiger partial charge in [-0.3, -0.25) is 9.59 Å². The number of thiophene rings is 1. The molecule has 21 heavy (non-hydrogen) atoms. The number of amides is 2. The molecule has 0 bridgehead atoms. The normalized spacial score (nSPS) is 23.5. The van der Waals surface area contributed by atoms with Crippen molar-refractivity contribution in [3.8, 4) is 0 Å². The summed E-state index contributed by atoms with van der Waals surface area (Å²) in [6, 6.07) is 1.78. The van der Waals surface area contributed by atoms with Crippen molar-refractivity contribution in [1.82, 2.24) is 10.2 Å². The van der Waals surface area contributed by atoms with Crippen molar-refractivity contribution >= 4 is 23.2 Å². The molecule has 0 aromatic carbocycles. The average molecular weight is 306 g/mol. The number of hydrogen-bond acceptors (Lipinski definition) is 3. The van der Waals surface area contributed by atoms with Gasteiger partial charge in [0, 0.05) is 30.5 Å². The van der Waals surface area contributed by atoms with Crippen molar-refractivity contribution < 1.29 is 9.59 Å². The van der Waals surface area contributed by atoms with Crippen molar-refractivity contribution in [3.63, 3.8) is 0 Å². The Hall–Kier alpha value is -1.36. The second-order valence-electron chi connectivity index (χ2n) is 6.19. The van der Waals surface area contributed by atoms with Crippen LogP contribution >= 0.6 is 11.3 Å². The van der Waals surface area contributed by atoms with E-state index < -0.39 is 0 Å². The summed E-state index contributed by atoms with van der Waals surface area (Å²) in [6.45, 7) is 1.55. The van der Waals surface area contributed by atoms with Crippen LogP contribution in [0.25, 0.3) is 0 Å². The molecule has 1 saturated carbocycles. The van der Waals surface area contributed by atoms with Crippen LogP contribution in [-0.4, -0.2) is 35.8 Å². The number of nitrogens with one attached hydrogen (secondary N) is 1. The molecule has 1 aliphatic heterocycles. The molecular weight excluding hydrogens is 284 g/mol. The van der Waals surface area contributed by atoms with Crippen LogP contribution in [0.3, 0.4) is 0 Å². The van der Waals surface area contributed by atoms with E-state index in [9.17, 15) is 9.59 Å². The third-order valence-electron chi connectivity index (χ3n) is 4.54. The van der Waals surface area contributed by atoms with Crippen LogP contribution < -0.4 is 5.32 Å². The summed E-state index contributed by atoms with van der Waals surface area (Å²) in [4.78, 5) is 26.1. The van der Waals surface area contributed by atoms with Gasteiger partial charge in [0.1, 0.15) is 0 Å². The van der Waals surface area contributed by atoms with E-state index in [0.717, 1.165) is 6.54 Å². The number of hydrogen-bond donors (Lipinski definition) is 1. The Bertz CT molecular complexity index is 494. The second-order valence-corrected chi connectivity index (χ2v) is 6.97. The zero-order valence-electron chi connectivity index (χ0n) is 12.2. The van der Waals surface area contributed by atoms with Gasteiger partial charge in [-0.25, -0.2) is 0 Å². The maximum atomic E-state index is 12.1. The van der Waals surface area contributed by atoms with E-state index in [0.29, 0.717) is 24.4 Å². The number of carbonyl (C=O) groups excluding carboxylic acids is 2. The molecule has 3 rings (SSSR count). The molecule has 2 amide bonds. The Labute approximate surface area is 129 Å². The lowest BCUT2D eigenvalue weighted by molar-refractivity contribution is -0.128. The van der Waals surface area contributed by atoms with Gasteiger partial charge in [0.2, 0.25) is 5.91 Å². The molecule has 114 valence electrons. The summed E-state index contributed by atoms with van der Waals surface area (Å²) >= 11 is 1.51. The van der Waals surface area contributed by atoms with Crippen LogP contribution in [-0.2, 0) is 4.79 Å². The molecule has 2 heterocycles. The summed E-state index contributed by atoms with van der Waals surface area (Å²) in [5.41, 5.74) is 0.693. The fourth-order valence-corrected chi connectivity index (χ4v) is 4.03. The van der Waals surface area contributed by atoms with E-state index in [1.165, 1.54) is 43.4 Å². The van der Waals surface area contributed by atoms with Gasteiger partial charge in [-0.15, -0.1) is 0 Å². The maximum Gasteiger partial charge on any atom is 0.252 e. The molecule has 4 nitrogen and oxygen atoms in total. The molecule has 0 spiro atoms. The quantitative estimate of drug-likeness (QED) is 0.929. The number of carbonyl (C=O) groups is 2. The first kappa shape index (κ1) is 14.6. The Balaban J connectivity index is 1.51. The smallest absolute Gasteiger partial charge is 0.252 e. The molecule has 0 unspecified atom stereocenters. The molecule has 1 atom stereocenters. The van der Waals surface area contributed by atoms with Crippen LogP contribution in [0.5, 0.6) is 0 Å². The summed E-state index contributed by atoms with van der Waals surface area (Å²) in [5.74, 6) is 0.791. The number of nitrogens with zero attached hydrogens (tertiary/aromatic N) is 1. The molecule has 2 fully saturated rings. The van der Waals surface area contributed by atoms with Crippen molar-refractivity contribution in [2.24, 2.45) is 5.92 Å². The highest BCUT2D eigenvalue weighted by atomic mass is 32.1. The van der Waals surface area contributed by atoms with Crippen LogP contribution in [0.1, 0.15) is 48.9 Å². The van der Waals surface area contributed by atoms with E-state index in [4.69, 9.17) is 0 Å². The zero-order chi connectivity index (χ0) is 14.7. The first-order valence-corrected chi connectivity index (χ1v) is 8.77. The topological polar surface area (TPSA) is 49.4 Å². The largest absolute Gasteiger partial charge is 0.347 e. The minimum atomic E-state index is -0.0615. The van der Waals surface area contributed by atoms with E-state index in [2.05, 4.69) is 5.32 Å². The third kappa shape index (κ3) is 3.64. The number of likely N-dealkylation sites (tertiary alicyclic amines) is 1. The molecule has 1 saturated heterocycles. The van der Waals surface area contributed by atoms with Gasteiger partial charge in [-0.2, -0.15) is 11.3 Å². The molecule has 1 aromatic heterocycles. The van der Waals surface area contributed by atoms with Crippen molar-refractivity contribution in [3.05, 3.63) is 22.4 Å². The molecule has 2 aliphatic rings. The molecule has 0 radical (unpaired) electrons. The monoisotopic (exact) mass is 306 g/mol. The first-order chi connectivity index (χ1) is 10.2. The first-order valence-electron chi connectivity index (χ1n) is 7.83. The van der Waals surface area contributed by atoms with E-state index in [1.54, 1.807) is 0 Å². The van der Waals surface area contributed by atoms with Crippen LogP contribution in [0.4, 0.5) is 0 Å². The predicted octanol–water partition coefficient (Wildman–Crippen LogP) is 2.66. The van der Waals surface area contributed by atoms with Crippen LogP contribution in [0, 0.1) is 5.92 Å².